The zero-order valence-electron chi connectivity index (χ0n) is 21.5. The molecule has 2 atom stereocenters. The van der Waals surface area contributed by atoms with Crippen molar-refractivity contribution in [2.24, 2.45) is 5.92 Å². The van der Waals surface area contributed by atoms with Crippen LogP contribution in [0.4, 0.5) is 0 Å². The van der Waals surface area contributed by atoms with Gasteiger partial charge in [0.05, 0.1) is 25.0 Å². The van der Waals surface area contributed by atoms with Gasteiger partial charge < -0.3 is 19.9 Å². The summed E-state index contributed by atoms with van der Waals surface area (Å²) in [6.07, 6.45) is 8.81. The standard InChI is InChI=1S/C28H34N5O3P/c1-18(29-3)11-25(34)23-13-26(37)28(35)33(16-23)19(2)21-5-4-6-22(12-21)27-31-14-24(15-32-27)36-17-20-7-9-30-10-8-20/h4-6,11-16,19-20,29-30H,7-10,17,37H2,1-3H3/b18-11+. The van der Waals surface area contributed by atoms with E-state index in [1.54, 1.807) is 36.3 Å². The summed E-state index contributed by atoms with van der Waals surface area (Å²) in [4.78, 5) is 34.7. The van der Waals surface area contributed by atoms with E-state index in [2.05, 4.69) is 29.8 Å². The fraction of sp³-hybridized carbons (Fsp3) is 0.357. The van der Waals surface area contributed by atoms with Crippen LogP contribution in [0.3, 0.4) is 0 Å². The molecule has 0 amide bonds. The number of benzene rings is 1. The number of nitrogens with zero attached hydrogens (tertiary/aromatic N) is 3. The van der Waals surface area contributed by atoms with Crippen LogP contribution in [0.25, 0.3) is 11.4 Å². The Morgan fingerprint density at radius 1 is 1.27 bits per heavy atom. The second-order valence-electron chi connectivity index (χ2n) is 9.39. The van der Waals surface area contributed by atoms with Crippen LogP contribution >= 0.6 is 9.24 Å². The number of allylic oxidation sites excluding steroid dienone is 2. The average Bonchev–Trinajstić information content (AvgIpc) is 2.93. The van der Waals surface area contributed by atoms with Gasteiger partial charge in [-0.2, -0.15) is 0 Å². The van der Waals surface area contributed by atoms with Gasteiger partial charge >= 0.3 is 0 Å². The van der Waals surface area contributed by atoms with Crippen LogP contribution in [0, 0.1) is 5.92 Å². The molecule has 9 heteroatoms. The van der Waals surface area contributed by atoms with Crippen LogP contribution in [-0.2, 0) is 0 Å². The molecule has 0 bridgehead atoms. The molecule has 2 unspecified atom stereocenters. The van der Waals surface area contributed by atoms with E-state index in [1.807, 2.05) is 38.1 Å². The lowest BCUT2D eigenvalue weighted by molar-refractivity contribution is 0.104. The van der Waals surface area contributed by atoms with Gasteiger partial charge in [-0.05, 0) is 63.4 Å². The average molecular weight is 520 g/mol. The molecule has 3 aromatic rings. The summed E-state index contributed by atoms with van der Waals surface area (Å²) < 4.78 is 7.51. The fourth-order valence-electron chi connectivity index (χ4n) is 4.30. The van der Waals surface area contributed by atoms with Gasteiger partial charge in [0.25, 0.3) is 5.56 Å². The molecule has 0 spiro atoms. The van der Waals surface area contributed by atoms with Crippen molar-refractivity contribution in [2.45, 2.75) is 32.7 Å². The van der Waals surface area contributed by atoms with Crippen LogP contribution in [0.15, 0.2) is 65.5 Å². The van der Waals surface area contributed by atoms with Crippen LogP contribution in [0.2, 0.25) is 0 Å². The van der Waals surface area contributed by atoms with Gasteiger partial charge in [-0.15, -0.1) is 0 Å². The smallest absolute Gasteiger partial charge is 0.258 e. The topological polar surface area (TPSA) is 98.1 Å². The Balaban J connectivity index is 1.53. The lowest BCUT2D eigenvalue weighted by Gasteiger charge is -2.22. The predicted octanol–water partition coefficient (Wildman–Crippen LogP) is 3.10. The maximum absolute atomic E-state index is 13.0. The van der Waals surface area contributed by atoms with Gasteiger partial charge in [0.1, 0.15) is 0 Å². The number of ether oxygens (including phenoxy) is 1. The minimum absolute atomic E-state index is 0.166. The number of hydrogen-bond acceptors (Lipinski definition) is 7. The van der Waals surface area contributed by atoms with Crippen molar-refractivity contribution in [1.82, 2.24) is 25.2 Å². The minimum atomic E-state index is -0.304. The second kappa shape index (κ2) is 12.3. The van der Waals surface area contributed by atoms with Crippen LogP contribution in [-0.4, -0.2) is 47.1 Å². The predicted molar refractivity (Wildman–Crippen MR) is 150 cm³/mol. The fourth-order valence-corrected chi connectivity index (χ4v) is 4.63. The third-order valence-corrected chi connectivity index (χ3v) is 7.13. The summed E-state index contributed by atoms with van der Waals surface area (Å²) in [7, 11) is 4.20. The van der Waals surface area contributed by atoms with E-state index < -0.39 is 0 Å². The molecule has 37 heavy (non-hydrogen) atoms. The van der Waals surface area contributed by atoms with E-state index in [0.29, 0.717) is 35.0 Å². The maximum Gasteiger partial charge on any atom is 0.258 e. The first kappa shape index (κ1) is 26.7. The summed E-state index contributed by atoms with van der Waals surface area (Å²) in [5.74, 6) is 1.64. The third-order valence-electron chi connectivity index (χ3n) is 6.71. The summed E-state index contributed by atoms with van der Waals surface area (Å²) in [5, 5.41) is 6.75. The highest BCUT2D eigenvalue weighted by Gasteiger charge is 2.17. The van der Waals surface area contributed by atoms with Gasteiger partial charge in [-0.1, -0.05) is 27.4 Å². The van der Waals surface area contributed by atoms with Gasteiger partial charge in [-0.3, -0.25) is 9.59 Å². The Bertz CT molecular complexity index is 1330. The highest BCUT2D eigenvalue weighted by atomic mass is 31.0. The van der Waals surface area contributed by atoms with Crippen molar-refractivity contribution < 1.29 is 9.53 Å². The molecule has 8 nitrogen and oxygen atoms in total. The number of pyridine rings is 1. The zero-order chi connectivity index (χ0) is 26.4. The molecule has 1 fully saturated rings. The van der Waals surface area contributed by atoms with E-state index in [9.17, 15) is 9.59 Å². The number of hydrogen-bond donors (Lipinski definition) is 2. The van der Waals surface area contributed by atoms with Gasteiger partial charge in [0, 0.05) is 41.4 Å². The van der Waals surface area contributed by atoms with E-state index in [1.165, 1.54) is 6.08 Å². The van der Waals surface area contributed by atoms with Crippen LogP contribution < -0.4 is 26.2 Å². The van der Waals surface area contributed by atoms with Crippen molar-refractivity contribution in [3.63, 3.8) is 0 Å². The van der Waals surface area contributed by atoms with Crippen molar-refractivity contribution >= 4 is 20.3 Å². The SMILES string of the molecule is CN/C(C)=C/C(=O)c1cc(P)c(=O)n(C(C)c2cccc(-c3ncc(OCC4CCNCC4)cn3)c2)c1. The molecule has 1 saturated heterocycles. The largest absolute Gasteiger partial charge is 0.490 e. The molecule has 1 aromatic carbocycles. The van der Waals surface area contributed by atoms with Crippen molar-refractivity contribution in [3.8, 4) is 17.1 Å². The number of nitrogens with one attached hydrogen (secondary N) is 2. The molecule has 4 rings (SSSR count). The number of carbonyl (C=O) groups is 1. The van der Waals surface area contributed by atoms with E-state index >= 15 is 0 Å². The zero-order valence-corrected chi connectivity index (χ0v) is 22.7. The van der Waals surface area contributed by atoms with Gasteiger partial charge in [0.15, 0.2) is 17.4 Å². The van der Waals surface area contributed by atoms with Crippen LogP contribution in [0.1, 0.15) is 48.7 Å². The van der Waals surface area contributed by atoms with E-state index in [-0.39, 0.29) is 17.4 Å². The first-order valence-electron chi connectivity index (χ1n) is 12.5. The molecule has 194 valence electrons. The first-order chi connectivity index (χ1) is 17.9. The quantitative estimate of drug-likeness (QED) is 0.255. The van der Waals surface area contributed by atoms with Crippen molar-refractivity contribution in [2.75, 3.05) is 26.7 Å². The van der Waals surface area contributed by atoms with Gasteiger partial charge in [-0.25, -0.2) is 9.97 Å². The molecule has 1 aliphatic rings. The number of ketones is 1. The normalized spacial score (nSPS) is 15.3. The van der Waals surface area contributed by atoms with E-state index in [4.69, 9.17) is 4.74 Å². The number of piperidine rings is 1. The maximum atomic E-state index is 13.0. The Kier molecular flexibility index (Phi) is 8.85. The Labute approximate surface area is 219 Å². The Morgan fingerprint density at radius 3 is 2.70 bits per heavy atom. The number of rotatable bonds is 9. The monoisotopic (exact) mass is 519 g/mol. The Morgan fingerprint density at radius 2 is 2.00 bits per heavy atom. The summed E-state index contributed by atoms with van der Waals surface area (Å²) in [6, 6.07) is 9.10. The summed E-state index contributed by atoms with van der Waals surface area (Å²) in [6.45, 7) is 6.51. The van der Waals surface area contributed by atoms with Crippen LogP contribution in [0.5, 0.6) is 5.75 Å². The number of carbonyl (C=O) groups excluding carboxylic acids is 1. The highest BCUT2D eigenvalue weighted by molar-refractivity contribution is 7.27. The first-order valence-corrected chi connectivity index (χ1v) is 13.1. The Hall–Kier alpha value is -3.35. The molecule has 2 N–H and O–H groups in total. The molecule has 0 saturated carbocycles. The molecule has 0 radical (unpaired) electrons. The third kappa shape index (κ3) is 6.70. The minimum Gasteiger partial charge on any atom is -0.490 e. The lowest BCUT2D eigenvalue weighted by Crippen LogP contribution is -2.33. The molecular formula is C28H34N5O3P. The number of aromatic nitrogens is 3. The summed E-state index contributed by atoms with van der Waals surface area (Å²) in [5.41, 5.74) is 2.78. The molecule has 1 aliphatic heterocycles. The molecule has 3 heterocycles. The molecular weight excluding hydrogens is 485 g/mol. The molecule has 0 aliphatic carbocycles. The lowest BCUT2D eigenvalue weighted by atomic mass is 9.99. The highest BCUT2D eigenvalue weighted by Crippen LogP contribution is 2.24. The second-order valence-corrected chi connectivity index (χ2v) is 10.0. The van der Waals surface area contributed by atoms with Crippen molar-refractivity contribution in [3.05, 3.63) is 82.2 Å². The van der Waals surface area contributed by atoms with E-state index in [0.717, 1.165) is 42.8 Å². The summed E-state index contributed by atoms with van der Waals surface area (Å²) >= 11 is 0. The molecule has 2 aromatic heterocycles. The van der Waals surface area contributed by atoms with Crippen molar-refractivity contribution in [1.29, 1.82) is 0 Å². The van der Waals surface area contributed by atoms with Gasteiger partial charge in [0.2, 0.25) is 0 Å².